The number of hydrogen-bond acceptors (Lipinski definition) is 6. The average molecular weight is 296 g/mol. The first-order valence-electron chi connectivity index (χ1n) is 6.89. The lowest BCUT2D eigenvalue weighted by molar-refractivity contribution is 1.07. The van der Waals surface area contributed by atoms with Gasteiger partial charge in [0.25, 0.3) is 0 Å². The van der Waals surface area contributed by atoms with Crippen molar-refractivity contribution in [2.45, 2.75) is 0 Å². The van der Waals surface area contributed by atoms with Gasteiger partial charge in [-0.1, -0.05) is 0 Å². The predicted octanol–water partition coefficient (Wildman–Crippen LogP) is 2.06. The standard InChI is InChI=1S/C16H20N6/c1-21(2)15-7-6-14(17-12-15)11-20-19-10-13-5-8-16(18-9-13)22(3)4/h5-12H,1-4H3/b19-10+,20-11+. The summed E-state index contributed by atoms with van der Waals surface area (Å²) in [5.41, 5.74) is 2.72. The summed E-state index contributed by atoms with van der Waals surface area (Å²) in [4.78, 5) is 12.5. The fourth-order valence-electron chi connectivity index (χ4n) is 1.67. The van der Waals surface area contributed by atoms with Crippen LogP contribution in [-0.2, 0) is 0 Å². The molecule has 0 atom stereocenters. The molecule has 114 valence electrons. The highest BCUT2D eigenvalue weighted by atomic mass is 15.2. The summed E-state index contributed by atoms with van der Waals surface area (Å²) >= 11 is 0. The Morgan fingerprint density at radius 2 is 1.59 bits per heavy atom. The van der Waals surface area contributed by atoms with E-state index >= 15 is 0 Å². The van der Waals surface area contributed by atoms with Crippen molar-refractivity contribution < 1.29 is 0 Å². The summed E-state index contributed by atoms with van der Waals surface area (Å²) in [6.45, 7) is 0. The van der Waals surface area contributed by atoms with Gasteiger partial charge in [0.15, 0.2) is 0 Å². The third kappa shape index (κ3) is 4.37. The van der Waals surface area contributed by atoms with Gasteiger partial charge < -0.3 is 9.80 Å². The molecule has 0 aliphatic carbocycles. The zero-order valence-electron chi connectivity index (χ0n) is 13.3. The Labute approximate surface area is 130 Å². The minimum atomic E-state index is 0.767. The third-order valence-corrected chi connectivity index (χ3v) is 2.98. The fraction of sp³-hybridized carbons (Fsp3) is 0.250. The normalized spacial score (nSPS) is 11.3. The Morgan fingerprint density at radius 3 is 2.14 bits per heavy atom. The smallest absolute Gasteiger partial charge is 0.127 e. The lowest BCUT2D eigenvalue weighted by Gasteiger charge is -2.10. The van der Waals surface area contributed by atoms with Crippen LogP contribution in [0.4, 0.5) is 11.5 Å². The second-order valence-corrected chi connectivity index (χ2v) is 5.17. The van der Waals surface area contributed by atoms with Gasteiger partial charge in [0.05, 0.1) is 30.0 Å². The molecule has 2 heterocycles. The molecule has 0 saturated heterocycles. The largest absolute Gasteiger partial charge is 0.376 e. The summed E-state index contributed by atoms with van der Waals surface area (Å²) in [5.74, 6) is 0.908. The molecule has 6 nitrogen and oxygen atoms in total. The van der Waals surface area contributed by atoms with Crippen LogP contribution in [0, 0.1) is 0 Å². The maximum absolute atomic E-state index is 4.31. The van der Waals surface area contributed by atoms with E-state index in [0.29, 0.717) is 0 Å². The van der Waals surface area contributed by atoms with Crippen LogP contribution in [0.5, 0.6) is 0 Å². The first kappa shape index (κ1) is 15.6. The van der Waals surface area contributed by atoms with Gasteiger partial charge in [-0.3, -0.25) is 4.98 Å². The van der Waals surface area contributed by atoms with Gasteiger partial charge in [-0.05, 0) is 24.3 Å². The molecular weight excluding hydrogens is 276 g/mol. The maximum Gasteiger partial charge on any atom is 0.127 e. The van der Waals surface area contributed by atoms with Crippen LogP contribution in [0.1, 0.15) is 11.3 Å². The Kier molecular flexibility index (Phi) is 5.19. The van der Waals surface area contributed by atoms with E-state index in [1.807, 2.05) is 62.3 Å². The molecule has 0 radical (unpaired) electrons. The molecule has 0 aliphatic rings. The van der Waals surface area contributed by atoms with E-state index in [-0.39, 0.29) is 0 Å². The van der Waals surface area contributed by atoms with E-state index in [0.717, 1.165) is 22.8 Å². The van der Waals surface area contributed by atoms with Gasteiger partial charge in [-0.25, -0.2) is 4.98 Å². The van der Waals surface area contributed by atoms with Crippen molar-refractivity contribution in [3.63, 3.8) is 0 Å². The zero-order chi connectivity index (χ0) is 15.9. The van der Waals surface area contributed by atoms with Crippen LogP contribution >= 0.6 is 0 Å². The third-order valence-electron chi connectivity index (χ3n) is 2.98. The van der Waals surface area contributed by atoms with Gasteiger partial charge >= 0.3 is 0 Å². The highest BCUT2D eigenvalue weighted by Crippen LogP contribution is 2.08. The van der Waals surface area contributed by atoms with E-state index in [1.54, 1.807) is 24.8 Å². The van der Waals surface area contributed by atoms with Crippen molar-refractivity contribution in [2.24, 2.45) is 10.2 Å². The number of aromatic nitrogens is 2. The number of pyridine rings is 2. The monoisotopic (exact) mass is 296 g/mol. The molecule has 0 amide bonds. The highest BCUT2D eigenvalue weighted by Gasteiger charge is 1.96. The van der Waals surface area contributed by atoms with Crippen LogP contribution in [0.25, 0.3) is 0 Å². The number of anilines is 2. The van der Waals surface area contributed by atoms with E-state index < -0.39 is 0 Å². The summed E-state index contributed by atoms with van der Waals surface area (Å²) in [6.07, 6.45) is 6.85. The van der Waals surface area contributed by atoms with Gasteiger partial charge in [0.2, 0.25) is 0 Å². The van der Waals surface area contributed by atoms with Gasteiger partial charge in [-0.2, -0.15) is 10.2 Å². The van der Waals surface area contributed by atoms with Crippen molar-refractivity contribution in [1.82, 2.24) is 9.97 Å². The van der Waals surface area contributed by atoms with Gasteiger partial charge in [-0.15, -0.1) is 0 Å². The summed E-state index contributed by atoms with van der Waals surface area (Å²) in [6, 6.07) is 7.78. The number of hydrogen-bond donors (Lipinski definition) is 0. The van der Waals surface area contributed by atoms with Crippen LogP contribution in [-0.4, -0.2) is 50.6 Å². The molecule has 2 aromatic rings. The van der Waals surface area contributed by atoms with E-state index in [9.17, 15) is 0 Å². The van der Waals surface area contributed by atoms with Crippen LogP contribution < -0.4 is 9.80 Å². The molecule has 0 aromatic carbocycles. The van der Waals surface area contributed by atoms with Crippen molar-refractivity contribution in [3.05, 3.63) is 47.9 Å². The molecule has 0 N–H and O–H groups in total. The second-order valence-electron chi connectivity index (χ2n) is 5.17. The SMILES string of the molecule is CN(C)c1ccc(/C=N/N=C/c2ccc(N(C)C)nc2)nc1. The second kappa shape index (κ2) is 7.31. The maximum atomic E-state index is 4.31. The molecule has 0 bridgehead atoms. The van der Waals surface area contributed by atoms with Crippen molar-refractivity contribution in [3.8, 4) is 0 Å². The number of nitrogens with zero attached hydrogens (tertiary/aromatic N) is 6. The van der Waals surface area contributed by atoms with Crippen molar-refractivity contribution >= 4 is 23.9 Å². The first-order chi connectivity index (χ1) is 10.6. The molecule has 2 aromatic heterocycles. The van der Waals surface area contributed by atoms with Gasteiger partial charge in [0.1, 0.15) is 5.82 Å². The summed E-state index contributed by atoms with van der Waals surface area (Å²) in [5, 5.41) is 8.01. The van der Waals surface area contributed by atoms with E-state index in [2.05, 4.69) is 20.2 Å². The first-order valence-corrected chi connectivity index (χ1v) is 6.89. The molecule has 0 saturated carbocycles. The van der Waals surface area contributed by atoms with Crippen molar-refractivity contribution in [2.75, 3.05) is 38.0 Å². The molecule has 0 aliphatic heterocycles. The zero-order valence-corrected chi connectivity index (χ0v) is 13.3. The molecule has 0 spiro atoms. The van der Waals surface area contributed by atoms with Crippen molar-refractivity contribution in [1.29, 1.82) is 0 Å². The Hall–Kier alpha value is -2.76. The lowest BCUT2D eigenvalue weighted by atomic mass is 10.3. The lowest BCUT2D eigenvalue weighted by Crippen LogP contribution is -2.10. The molecule has 0 unspecified atom stereocenters. The Balaban J connectivity index is 1.96. The minimum absolute atomic E-state index is 0.767. The van der Waals surface area contributed by atoms with Gasteiger partial charge in [0, 0.05) is 40.0 Å². The van der Waals surface area contributed by atoms with E-state index in [4.69, 9.17) is 0 Å². The molecule has 6 heteroatoms. The molecule has 0 fully saturated rings. The quantitative estimate of drug-likeness (QED) is 0.626. The van der Waals surface area contributed by atoms with E-state index in [1.165, 1.54) is 0 Å². The van der Waals surface area contributed by atoms with Crippen LogP contribution in [0.15, 0.2) is 46.9 Å². The highest BCUT2D eigenvalue weighted by molar-refractivity contribution is 5.81. The minimum Gasteiger partial charge on any atom is -0.376 e. The topological polar surface area (TPSA) is 57.0 Å². The molecule has 22 heavy (non-hydrogen) atoms. The number of rotatable bonds is 5. The molecule has 2 rings (SSSR count). The summed E-state index contributed by atoms with van der Waals surface area (Å²) < 4.78 is 0. The average Bonchev–Trinajstić information content (AvgIpc) is 2.52. The summed E-state index contributed by atoms with van der Waals surface area (Å²) in [7, 11) is 7.86. The molecular formula is C16H20N6. The van der Waals surface area contributed by atoms with Crippen LogP contribution in [0.3, 0.4) is 0 Å². The Morgan fingerprint density at radius 1 is 0.818 bits per heavy atom. The van der Waals surface area contributed by atoms with Crippen LogP contribution in [0.2, 0.25) is 0 Å². The Bertz CT molecular complexity index is 582. The fourth-order valence-corrected chi connectivity index (χ4v) is 1.67. The predicted molar refractivity (Wildman–Crippen MR) is 92.3 cm³/mol.